The maximum absolute atomic E-state index is 13.0. The average molecular weight is 399 g/mol. The van der Waals surface area contributed by atoms with Gasteiger partial charge in [-0.25, -0.2) is 0 Å². The standard InChI is InChI=1S/C23H30N2O2S/c1-17(2)24-23(27)19(4)25(14-21-12-8-9-18(3)13-21)22(26)16-28-15-20-10-6-5-7-11-20/h5-13,17,19H,14-16H2,1-4H3,(H,24,27)/t19-/m1/s1. The molecule has 5 heteroatoms. The van der Waals surface area contributed by atoms with Crippen molar-refractivity contribution in [3.63, 3.8) is 0 Å². The zero-order valence-electron chi connectivity index (χ0n) is 17.1. The Morgan fingerprint density at radius 3 is 2.32 bits per heavy atom. The van der Waals surface area contributed by atoms with Gasteiger partial charge in [0.05, 0.1) is 5.75 Å². The van der Waals surface area contributed by atoms with Gasteiger partial charge in [0, 0.05) is 18.3 Å². The molecule has 0 spiro atoms. The second kappa shape index (κ2) is 10.9. The molecule has 1 N–H and O–H groups in total. The van der Waals surface area contributed by atoms with Crippen molar-refractivity contribution >= 4 is 23.6 Å². The zero-order valence-corrected chi connectivity index (χ0v) is 18.0. The molecule has 0 saturated heterocycles. The van der Waals surface area contributed by atoms with Gasteiger partial charge in [-0.2, -0.15) is 0 Å². The van der Waals surface area contributed by atoms with Crippen molar-refractivity contribution in [2.75, 3.05) is 5.75 Å². The molecule has 0 bridgehead atoms. The first-order valence-corrected chi connectivity index (χ1v) is 10.8. The zero-order chi connectivity index (χ0) is 20.5. The van der Waals surface area contributed by atoms with Crippen LogP contribution in [0.5, 0.6) is 0 Å². The van der Waals surface area contributed by atoms with Crippen molar-refractivity contribution in [1.29, 1.82) is 0 Å². The predicted molar refractivity (Wildman–Crippen MR) is 117 cm³/mol. The van der Waals surface area contributed by atoms with Crippen LogP contribution in [0.2, 0.25) is 0 Å². The van der Waals surface area contributed by atoms with Gasteiger partial charge in [-0.1, -0.05) is 60.2 Å². The summed E-state index contributed by atoms with van der Waals surface area (Å²) in [6, 6.07) is 17.7. The number of carbonyl (C=O) groups excluding carboxylic acids is 2. The summed E-state index contributed by atoms with van der Waals surface area (Å²) < 4.78 is 0. The predicted octanol–water partition coefficient (Wildman–Crippen LogP) is 4.17. The van der Waals surface area contributed by atoms with Crippen LogP contribution in [0.25, 0.3) is 0 Å². The first-order chi connectivity index (χ1) is 13.4. The Hall–Kier alpha value is -2.27. The molecule has 0 unspecified atom stereocenters. The lowest BCUT2D eigenvalue weighted by molar-refractivity contribution is -0.138. The van der Waals surface area contributed by atoms with Crippen LogP contribution in [0, 0.1) is 6.92 Å². The van der Waals surface area contributed by atoms with Gasteiger partial charge < -0.3 is 10.2 Å². The Bertz CT molecular complexity index is 777. The van der Waals surface area contributed by atoms with Gasteiger partial charge in [-0.3, -0.25) is 9.59 Å². The summed E-state index contributed by atoms with van der Waals surface area (Å²) in [5.74, 6) is 0.982. The summed E-state index contributed by atoms with van der Waals surface area (Å²) in [6.07, 6.45) is 0. The number of nitrogens with zero attached hydrogens (tertiary/aromatic N) is 1. The minimum atomic E-state index is -0.521. The second-order valence-corrected chi connectivity index (χ2v) is 8.31. The van der Waals surface area contributed by atoms with E-state index in [1.54, 1.807) is 23.6 Å². The van der Waals surface area contributed by atoms with Crippen LogP contribution >= 0.6 is 11.8 Å². The van der Waals surface area contributed by atoms with Crippen LogP contribution < -0.4 is 5.32 Å². The molecule has 0 radical (unpaired) electrons. The van der Waals surface area contributed by atoms with E-state index >= 15 is 0 Å². The van der Waals surface area contributed by atoms with Crippen molar-refractivity contribution in [3.05, 3.63) is 71.3 Å². The van der Waals surface area contributed by atoms with Crippen LogP contribution in [-0.4, -0.2) is 34.6 Å². The fraction of sp³-hybridized carbons (Fsp3) is 0.391. The van der Waals surface area contributed by atoms with Gasteiger partial charge >= 0.3 is 0 Å². The molecule has 4 nitrogen and oxygen atoms in total. The highest BCUT2D eigenvalue weighted by Crippen LogP contribution is 2.16. The molecule has 0 fully saturated rings. The van der Waals surface area contributed by atoms with Crippen LogP contribution in [-0.2, 0) is 21.9 Å². The van der Waals surface area contributed by atoms with Crippen molar-refractivity contribution < 1.29 is 9.59 Å². The summed E-state index contributed by atoms with van der Waals surface area (Å²) in [5.41, 5.74) is 3.37. The van der Waals surface area contributed by atoms with Crippen LogP contribution in [0.1, 0.15) is 37.5 Å². The minimum Gasteiger partial charge on any atom is -0.352 e. The molecule has 2 amide bonds. The van der Waals surface area contributed by atoms with Crippen molar-refractivity contribution in [3.8, 4) is 0 Å². The molecule has 2 aromatic carbocycles. The molecule has 2 rings (SSSR count). The largest absolute Gasteiger partial charge is 0.352 e. The Labute approximate surface area is 172 Å². The summed E-state index contributed by atoms with van der Waals surface area (Å²) in [4.78, 5) is 27.2. The number of aryl methyl sites for hydroxylation is 1. The van der Waals surface area contributed by atoms with E-state index in [1.165, 1.54) is 5.56 Å². The third-order valence-electron chi connectivity index (χ3n) is 4.37. The average Bonchev–Trinajstić information content (AvgIpc) is 2.66. The van der Waals surface area contributed by atoms with E-state index in [1.807, 2.05) is 57.2 Å². The summed E-state index contributed by atoms with van der Waals surface area (Å²) in [5, 5.41) is 2.92. The van der Waals surface area contributed by atoms with E-state index in [0.717, 1.165) is 16.9 Å². The van der Waals surface area contributed by atoms with Gasteiger partial charge in [-0.05, 0) is 38.8 Å². The highest BCUT2D eigenvalue weighted by atomic mass is 32.2. The molecule has 150 valence electrons. The molecule has 0 saturated carbocycles. The number of rotatable bonds is 9. The lowest BCUT2D eigenvalue weighted by Gasteiger charge is -2.29. The Morgan fingerprint density at radius 2 is 1.68 bits per heavy atom. The fourth-order valence-electron chi connectivity index (χ4n) is 2.91. The van der Waals surface area contributed by atoms with Crippen molar-refractivity contribution in [1.82, 2.24) is 10.2 Å². The number of hydrogen-bond donors (Lipinski definition) is 1. The number of carbonyl (C=O) groups is 2. The molecular formula is C23H30N2O2S. The number of hydrogen-bond acceptors (Lipinski definition) is 3. The number of nitrogens with one attached hydrogen (secondary N) is 1. The van der Waals surface area contributed by atoms with E-state index in [0.29, 0.717) is 12.3 Å². The minimum absolute atomic E-state index is 0.0196. The Balaban J connectivity index is 2.07. The molecule has 28 heavy (non-hydrogen) atoms. The molecule has 0 aliphatic rings. The van der Waals surface area contributed by atoms with E-state index in [2.05, 4.69) is 23.5 Å². The van der Waals surface area contributed by atoms with Gasteiger partial charge in [-0.15, -0.1) is 11.8 Å². The summed E-state index contributed by atoms with van der Waals surface area (Å²) in [7, 11) is 0. The monoisotopic (exact) mass is 398 g/mol. The van der Waals surface area contributed by atoms with Crippen LogP contribution in [0.4, 0.5) is 0 Å². The van der Waals surface area contributed by atoms with E-state index < -0.39 is 6.04 Å². The quantitative estimate of drug-likeness (QED) is 0.690. The maximum Gasteiger partial charge on any atom is 0.242 e. The molecular weight excluding hydrogens is 368 g/mol. The highest BCUT2D eigenvalue weighted by molar-refractivity contribution is 7.99. The van der Waals surface area contributed by atoms with Crippen LogP contribution in [0.3, 0.4) is 0 Å². The normalized spacial score (nSPS) is 11.9. The highest BCUT2D eigenvalue weighted by Gasteiger charge is 2.26. The molecule has 2 aromatic rings. The fourth-order valence-corrected chi connectivity index (χ4v) is 3.78. The smallest absolute Gasteiger partial charge is 0.242 e. The van der Waals surface area contributed by atoms with E-state index in [9.17, 15) is 9.59 Å². The Kier molecular flexibility index (Phi) is 8.58. The van der Waals surface area contributed by atoms with Gasteiger partial charge in [0.1, 0.15) is 6.04 Å². The SMILES string of the molecule is Cc1cccc(CN(C(=O)CSCc2ccccc2)[C@H](C)C(=O)NC(C)C)c1. The molecule has 0 aliphatic heterocycles. The first-order valence-electron chi connectivity index (χ1n) is 9.64. The first kappa shape index (κ1) is 22.0. The van der Waals surface area contributed by atoms with E-state index in [4.69, 9.17) is 0 Å². The molecule has 0 aromatic heterocycles. The van der Waals surface area contributed by atoms with Gasteiger partial charge in [0.25, 0.3) is 0 Å². The summed E-state index contributed by atoms with van der Waals surface area (Å²) >= 11 is 1.58. The van der Waals surface area contributed by atoms with Gasteiger partial charge in [0.2, 0.25) is 11.8 Å². The number of benzene rings is 2. The second-order valence-electron chi connectivity index (χ2n) is 7.33. The van der Waals surface area contributed by atoms with Gasteiger partial charge in [0.15, 0.2) is 0 Å². The van der Waals surface area contributed by atoms with E-state index in [-0.39, 0.29) is 17.9 Å². The Morgan fingerprint density at radius 1 is 1.00 bits per heavy atom. The van der Waals surface area contributed by atoms with Crippen molar-refractivity contribution in [2.24, 2.45) is 0 Å². The lowest BCUT2D eigenvalue weighted by atomic mass is 10.1. The number of amides is 2. The van der Waals surface area contributed by atoms with Crippen molar-refractivity contribution in [2.45, 2.75) is 52.1 Å². The summed E-state index contributed by atoms with van der Waals surface area (Å²) in [6.45, 7) is 8.10. The number of thioether (sulfide) groups is 1. The maximum atomic E-state index is 13.0. The third kappa shape index (κ3) is 7.04. The lowest BCUT2D eigenvalue weighted by Crippen LogP contribution is -2.49. The molecule has 1 atom stereocenters. The third-order valence-corrected chi connectivity index (χ3v) is 5.36. The van der Waals surface area contributed by atoms with Crippen LogP contribution in [0.15, 0.2) is 54.6 Å². The molecule has 0 heterocycles. The molecule has 0 aliphatic carbocycles. The topological polar surface area (TPSA) is 49.4 Å².